The average Bonchev–Trinajstić information content (AvgIpc) is 2.45. The van der Waals surface area contributed by atoms with Crippen molar-refractivity contribution in [1.29, 1.82) is 0 Å². The maximum atomic E-state index is 13.0. The fourth-order valence-electron chi connectivity index (χ4n) is 1.60. The Morgan fingerprint density at radius 2 is 1.76 bits per heavy atom. The lowest BCUT2D eigenvalue weighted by molar-refractivity contribution is 0.0118. The number of halogens is 3. The first-order valence-electron chi connectivity index (χ1n) is 5.93. The zero-order chi connectivity index (χ0) is 15.3. The van der Waals surface area contributed by atoms with Crippen LogP contribution in [0.15, 0.2) is 12.1 Å². The molecule has 5 nitrogen and oxygen atoms in total. The summed E-state index contributed by atoms with van der Waals surface area (Å²) in [5, 5.41) is 2.13. The standard InChI is InChI=1S/C13H18F2N2O3.ClH/c1-8-10(19-2)4-9(5-11(8)20-3)12(18)17-7-13(14,15)6-16;/h4-5H,6-7,16H2,1-3H3,(H,17,18);1H. The minimum Gasteiger partial charge on any atom is -0.496 e. The van der Waals surface area contributed by atoms with Crippen molar-refractivity contribution in [3.8, 4) is 11.5 Å². The average molecular weight is 325 g/mol. The number of nitrogens with one attached hydrogen (secondary N) is 1. The summed E-state index contributed by atoms with van der Waals surface area (Å²) < 4.78 is 36.2. The zero-order valence-corrected chi connectivity index (χ0v) is 12.9. The molecule has 0 aliphatic heterocycles. The Balaban J connectivity index is 0.00000400. The van der Waals surface area contributed by atoms with Crippen LogP contribution in [-0.2, 0) is 0 Å². The number of ether oxygens (including phenoxy) is 2. The van der Waals surface area contributed by atoms with Gasteiger partial charge in [0.2, 0.25) is 0 Å². The van der Waals surface area contributed by atoms with E-state index in [4.69, 9.17) is 15.2 Å². The molecule has 0 unspecified atom stereocenters. The third-order valence-electron chi connectivity index (χ3n) is 2.82. The molecule has 0 fully saturated rings. The summed E-state index contributed by atoms with van der Waals surface area (Å²) in [6.07, 6.45) is 0. The van der Waals surface area contributed by atoms with E-state index in [-0.39, 0.29) is 18.0 Å². The molecule has 120 valence electrons. The van der Waals surface area contributed by atoms with Crippen molar-refractivity contribution in [1.82, 2.24) is 5.32 Å². The number of carbonyl (C=O) groups excluding carboxylic acids is 1. The SMILES string of the molecule is COc1cc(C(=O)NCC(F)(F)CN)cc(OC)c1C.Cl. The number of carbonyl (C=O) groups is 1. The van der Waals surface area contributed by atoms with Gasteiger partial charge < -0.3 is 20.5 Å². The maximum Gasteiger partial charge on any atom is 0.277 e. The largest absolute Gasteiger partial charge is 0.496 e. The van der Waals surface area contributed by atoms with E-state index < -0.39 is 24.9 Å². The Morgan fingerprint density at radius 1 is 1.29 bits per heavy atom. The molecule has 1 rings (SSSR count). The minimum atomic E-state index is -3.13. The number of amides is 1. The van der Waals surface area contributed by atoms with Gasteiger partial charge in [0.05, 0.1) is 27.3 Å². The molecule has 0 saturated heterocycles. The van der Waals surface area contributed by atoms with E-state index in [0.717, 1.165) is 5.56 Å². The molecule has 1 aromatic carbocycles. The van der Waals surface area contributed by atoms with Crippen LogP contribution < -0.4 is 20.5 Å². The quantitative estimate of drug-likeness (QED) is 0.836. The Hall–Kier alpha value is -1.60. The molecule has 0 radical (unpaired) electrons. The van der Waals surface area contributed by atoms with Gasteiger partial charge in [0, 0.05) is 11.1 Å². The molecule has 0 aromatic heterocycles. The van der Waals surface area contributed by atoms with E-state index in [2.05, 4.69) is 5.32 Å². The number of alkyl halides is 2. The predicted molar refractivity (Wildman–Crippen MR) is 77.9 cm³/mol. The first kappa shape index (κ1) is 19.4. The lowest BCUT2D eigenvalue weighted by atomic mass is 10.1. The molecule has 0 aliphatic carbocycles. The summed E-state index contributed by atoms with van der Waals surface area (Å²) in [4.78, 5) is 11.9. The number of nitrogens with two attached hydrogens (primary N) is 1. The summed E-state index contributed by atoms with van der Waals surface area (Å²) in [6, 6.07) is 2.93. The monoisotopic (exact) mass is 324 g/mol. The normalized spacial score (nSPS) is 10.6. The van der Waals surface area contributed by atoms with Gasteiger partial charge in [-0.15, -0.1) is 12.4 Å². The van der Waals surface area contributed by atoms with E-state index in [1.165, 1.54) is 26.4 Å². The van der Waals surface area contributed by atoms with E-state index in [1.807, 2.05) is 0 Å². The van der Waals surface area contributed by atoms with Crippen LogP contribution in [0.5, 0.6) is 11.5 Å². The van der Waals surface area contributed by atoms with Gasteiger partial charge in [-0.25, -0.2) is 8.78 Å². The summed E-state index contributed by atoms with van der Waals surface area (Å²) in [5.74, 6) is -2.89. The fraction of sp³-hybridized carbons (Fsp3) is 0.462. The van der Waals surface area contributed by atoms with Gasteiger partial charge in [0.1, 0.15) is 11.5 Å². The molecule has 1 aromatic rings. The highest BCUT2D eigenvalue weighted by molar-refractivity contribution is 5.95. The zero-order valence-electron chi connectivity index (χ0n) is 12.0. The molecule has 21 heavy (non-hydrogen) atoms. The van der Waals surface area contributed by atoms with Crippen molar-refractivity contribution < 1.29 is 23.0 Å². The molecular weight excluding hydrogens is 306 g/mol. The molecule has 8 heteroatoms. The van der Waals surface area contributed by atoms with Gasteiger partial charge in [-0.1, -0.05) is 0 Å². The van der Waals surface area contributed by atoms with Crippen LogP contribution in [0.25, 0.3) is 0 Å². The molecule has 0 aliphatic rings. The lowest BCUT2D eigenvalue weighted by Gasteiger charge is -2.16. The molecular formula is C13H19ClF2N2O3. The number of benzene rings is 1. The van der Waals surface area contributed by atoms with Crippen molar-refractivity contribution in [3.05, 3.63) is 23.3 Å². The van der Waals surface area contributed by atoms with Crippen molar-refractivity contribution >= 4 is 18.3 Å². The second-order valence-corrected chi connectivity index (χ2v) is 4.25. The minimum absolute atomic E-state index is 0. The Bertz CT molecular complexity index is 473. The molecule has 3 N–H and O–H groups in total. The maximum absolute atomic E-state index is 13.0. The van der Waals surface area contributed by atoms with Crippen LogP contribution in [0, 0.1) is 6.92 Å². The van der Waals surface area contributed by atoms with E-state index >= 15 is 0 Å². The van der Waals surface area contributed by atoms with E-state index in [1.54, 1.807) is 6.92 Å². The summed E-state index contributed by atoms with van der Waals surface area (Å²) in [6.45, 7) is 0.122. The highest BCUT2D eigenvalue weighted by Crippen LogP contribution is 2.29. The van der Waals surface area contributed by atoms with Crippen LogP contribution in [0.4, 0.5) is 8.78 Å². The van der Waals surface area contributed by atoms with Gasteiger partial charge in [0.25, 0.3) is 11.8 Å². The van der Waals surface area contributed by atoms with Crippen LogP contribution >= 0.6 is 12.4 Å². The fourth-order valence-corrected chi connectivity index (χ4v) is 1.60. The number of hydrogen-bond donors (Lipinski definition) is 2. The summed E-state index contributed by atoms with van der Waals surface area (Å²) in [5.41, 5.74) is 5.80. The van der Waals surface area contributed by atoms with Gasteiger partial charge in [-0.05, 0) is 19.1 Å². The van der Waals surface area contributed by atoms with Gasteiger partial charge in [-0.3, -0.25) is 4.79 Å². The Morgan fingerprint density at radius 3 is 2.14 bits per heavy atom. The van der Waals surface area contributed by atoms with Gasteiger partial charge in [-0.2, -0.15) is 0 Å². The van der Waals surface area contributed by atoms with Crippen LogP contribution in [0.1, 0.15) is 15.9 Å². The molecule has 0 atom stereocenters. The summed E-state index contributed by atoms with van der Waals surface area (Å²) >= 11 is 0. The summed E-state index contributed by atoms with van der Waals surface area (Å²) in [7, 11) is 2.90. The van der Waals surface area contributed by atoms with Crippen molar-refractivity contribution in [2.24, 2.45) is 5.73 Å². The second kappa shape index (κ2) is 7.99. The van der Waals surface area contributed by atoms with Crippen molar-refractivity contribution in [3.63, 3.8) is 0 Å². The predicted octanol–water partition coefficient (Wildman–Crippen LogP) is 1.76. The van der Waals surface area contributed by atoms with Crippen LogP contribution in [0.2, 0.25) is 0 Å². The molecule has 1 amide bonds. The first-order chi connectivity index (χ1) is 9.34. The van der Waals surface area contributed by atoms with Crippen molar-refractivity contribution in [2.45, 2.75) is 12.8 Å². The lowest BCUT2D eigenvalue weighted by Crippen LogP contribution is -2.41. The topological polar surface area (TPSA) is 73.6 Å². The number of methoxy groups -OCH3 is 2. The number of rotatable bonds is 6. The van der Waals surface area contributed by atoms with Crippen LogP contribution in [-0.4, -0.2) is 39.1 Å². The highest BCUT2D eigenvalue weighted by atomic mass is 35.5. The molecule has 0 saturated carbocycles. The smallest absolute Gasteiger partial charge is 0.277 e. The first-order valence-corrected chi connectivity index (χ1v) is 5.93. The highest BCUT2D eigenvalue weighted by Gasteiger charge is 2.27. The van der Waals surface area contributed by atoms with Crippen LogP contribution in [0.3, 0.4) is 0 Å². The van der Waals surface area contributed by atoms with Crippen molar-refractivity contribution in [2.75, 3.05) is 27.3 Å². The molecule has 0 heterocycles. The third kappa shape index (κ3) is 5.02. The molecule has 0 spiro atoms. The number of hydrogen-bond acceptors (Lipinski definition) is 4. The Kier molecular flexibility index (Phi) is 7.38. The second-order valence-electron chi connectivity index (χ2n) is 4.25. The van der Waals surface area contributed by atoms with Gasteiger partial charge in [0.15, 0.2) is 0 Å². The van der Waals surface area contributed by atoms with Gasteiger partial charge >= 0.3 is 0 Å². The van der Waals surface area contributed by atoms with E-state index in [0.29, 0.717) is 11.5 Å². The third-order valence-corrected chi connectivity index (χ3v) is 2.82. The Labute approximate surface area is 128 Å². The molecule has 0 bridgehead atoms. The van der Waals surface area contributed by atoms with E-state index in [9.17, 15) is 13.6 Å².